The molecule has 0 saturated carbocycles. The summed E-state index contributed by atoms with van der Waals surface area (Å²) >= 11 is 0. The van der Waals surface area contributed by atoms with E-state index in [1.54, 1.807) is 0 Å². The lowest BCUT2D eigenvalue weighted by Gasteiger charge is -2.32. The summed E-state index contributed by atoms with van der Waals surface area (Å²) in [6.07, 6.45) is 1.95. The Kier molecular flexibility index (Phi) is 2.86. The first-order chi connectivity index (χ1) is 7.40. The van der Waals surface area contributed by atoms with Crippen molar-refractivity contribution in [3.05, 3.63) is 0 Å². The van der Waals surface area contributed by atoms with Gasteiger partial charge in [0.05, 0.1) is 6.54 Å². The second kappa shape index (κ2) is 3.91. The Labute approximate surface area is 97.3 Å². The van der Waals surface area contributed by atoms with Crippen LogP contribution < -0.4 is 5.32 Å². The summed E-state index contributed by atoms with van der Waals surface area (Å²) in [6.45, 7) is 9.79. The maximum absolute atomic E-state index is 11.8. The molecule has 0 aliphatic carbocycles. The van der Waals surface area contributed by atoms with Gasteiger partial charge in [0, 0.05) is 13.1 Å². The molecule has 4 heteroatoms. The van der Waals surface area contributed by atoms with Crippen molar-refractivity contribution in [3.8, 4) is 0 Å². The van der Waals surface area contributed by atoms with Gasteiger partial charge >= 0.3 is 6.09 Å². The fraction of sp³-hybridized carbons (Fsp3) is 0.917. The maximum atomic E-state index is 11.8. The zero-order chi connectivity index (χ0) is 11.8. The topological polar surface area (TPSA) is 41.6 Å². The fourth-order valence-corrected chi connectivity index (χ4v) is 2.55. The lowest BCUT2D eigenvalue weighted by Crippen LogP contribution is -2.48. The number of rotatable bonds is 1. The van der Waals surface area contributed by atoms with Crippen LogP contribution in [-0.2, 0) is 4.74 Å². The molecular formula is C12H22N2O2. The van der Waals surface area contributed by atoms with Crippen LogP contribution in [0.5, 0.6) is 0 Å². The van der Waals surface area contributed by atoms with Gasteiger partial charge in [-0.2, -0.15) is 0 Å². The van der Waals surface area contributed by atoms with E-state index >= 15 is 0 Å². The summed E-state index contributed by atoms with van der Waals surface area (Å²) in [6, 6.07) is 0. The van der Waals surface area contributed by atoms with Crippen LogP contribution in [-0.4, -0.2) is 42.8 Å². The predicted octanol–water partition coefficient (Wildman–Crippen LogP) is 1.61. The molecule has 1 unspecified atom stereocenters. The molecule has 16 heavy (non-hydrogen) atoms. The first-order valence-corrected chi connectivity index (χ1v) is 6.09. The number of piperidine rings is 1. The SMILES string of the molecule is CC(C)(C)CN1CC2(CCCNC2)OC1=O. The minimum absolute atomic E-state index is 0.132. The van der Waals surface area contributed by atoms with E-state index < -0.39 is 0 Å². The number of carbonyl (C=O) groups excluding carboxylic acids is 1. The molecule has 1 N–H and O–H groups in total. The number of nitrogens with zero attached hydrogens (tertiary/aromatic N) is 1. The zero-order valence-electron chi connectivity index (χ0n) is 10.5. The number of nitrogens with one attached hydrogen (secondary N) is 1. The van der Waals surface area contributed by atoms with Gasteiger partial charge < -0.3 is 15.0 Å². The number of amides is 1. The summed E-state index contributed by atoms with van der Waals surface area (Å²) in [5.74, 6) is 0. The molecule has 2 aliphatic rings. The Morgan fingerprint density at radius 1 is 1.50 bits per heavy atom. The molecular weight excluding hydrogens is 204 g/mol. The normalized spacial score (nSPS) is 30.9. The van der Waals surface area contributed by atoms with Crippen LogP contribution in [0, 0.1) is 5.41 Å². The second-order valence-electron chi connectivity index (χ2n) is 6.25. The second-order valence-corrected chi connectivity index (χ2v) is 6.25. The lowest BCUT2D eigenvalue weighted by atomic mass is 9.92. The van der Waals surface area contributed by atoms with Crippen LogP contribution in [0.3, 0.4) is 0 Å². The van der Waals surface area contributed by atoms with Gasteiger partial charge in [0.1, 0.15) is 5.60 Å². The van der Waals surface area contributed by atoms with Crippen molar-refractivity contribution in [2.24, 2.45) is 5.41 Å². The van der Waals surface area contributed by atoms with Gasteiger partial charge in [-0.1, -0.05) is 20.8 Å². The average molecular weight is 226 g/mol. The van der Waals surface area contributed by atoms with Gasteiger partial charge in [0.2, 0.25) is 0 Å². The summed E-state index contributed by atoms with van der Waals surface area (Å²) in [5.41, 5.74) is -0.118. The van der Waals surface area contributed by atoms with E-state index in [1.807, 2.05) is 4.90 Å². The monoisotopic (exact) mass is 226 g/mol. The van der Waals surface area contributed by atoms with Gasteiger partial charge in [-0.15, -0.1) is 0 Å². The highest BCUT2D eigenvalue weighted by Gasteiger charge is 2.46. The van der Waals surface area contributed by atoms with Crippen molar-refractivity contribution >= 4 is 6.09 Å². The van der Waals surface area contributed by atoms with E-state index in [0.29, 0.717) is 0 Å². The van der Waals surface area contributed by atoms with Crippen LogP contribution in [0.1, 0.15) is 33.6 Å². The Bertz CT molecular complexity index is 277. The molecule has 0 bridgehead atoms. The van der Waals surface area contributed by atoms with E-state index in [2.05, 4.69) is 26.1 Å². The first kappa shape index (κ1) is 11.7. The van der Waals surface area contributed by atoms with Crippen LogP contribution in [0.2, 0.25) is 0 Å². The van der Waals surface area contributed by atoms with Crippen LogP contribution in [0.15, 0.2) is 0 Å². The third-order valence-electron chi connectivity index (χ3n) is 3.14. The van der Waals surface area contributed by atoms with E-state index in [1.165, 1.54) is 0 Å². The maximum Gasteiger partial charge on any atom is 0.410 e. The van der Waals surface area contributed by atoms with Crippen molar-refractivity contribution < 1.29 is 9.53 Å². The van der Waals surface area contributed by atoms with Gasteiger partial charge in [-0.3, -0.25) is 0 Å². The van der Waals surface area contributed by atoms with Crippen molar-refractivity contribution in [1.82, 2.24) is 10.2 Å². The van der Waals surface area contributed by atoms with Crippen molar-refractivity contribution in [2.75, 3.05) is 26.2 Å². The molecule has 2 aliphatic heterocycles. The first-order valence-electron chi connectivity index (χ1n) is 6.09. The van der Waals surface area contributed by atoms with Gasteiger partial charge in [0.15, 0.2) is 0 Å². The minimum atomic E-state index is -0.249. The molecule has 0 radical (unpaired) electrons. The van der Waals surface area contributed by atoms with Crippen molar-refractivity contribution in [2.45, 2.75) is 39.2 Å². The molecule has 0 aromatic heterocycles. The van der Waals surface area contributed by atoms with E-state index in [9.17, 15) is 4.79 Å². The van der Waals surface area contributed by atoms with Gasteiger partial charge in [0.25, 0.3) is 0 Å². The highest BCUT2D eigenvalue weighted by atomic mass is 16.6. The highest BCUT2D eigenvalue weighted by molar-refractivity contribution is 5.70. The molecule has 1 atom stereocenters. The fourth-order valence-electron chi connectivity index (χ4n) is 2.55. The lowest BCUT2D eigenvalue weighted by molar-refractivity contribution is 0.0366. The molecule has 2 rings (SSSR count). The molecule has 2 fully saturated rings. The quantitative estimate of drug-likeness (QED) is 0.738. The van der Waals surface area contributed by atoms with Gasteiger partial charge in [-0.25, -0.2) is 4.79 Å². The van der Waals surface area contributed by atoms with Crippen molar-refractivity contribution in [1.29, 1.82) is 0 Å². The van der Waals surface area contributed by atoms with E-state index in [4.69, 9.17) is 4.74 Å². The molecule has 2 heterocycles. The van der Waals surface area contributed by atoms with Crippen LogP contribution in [0.4, 0.5) is 4.79 Å². The smallest absolute Gasteiger partial charge is 0.410 e. The summed E-state index contributed by atoms with van der Waals surface area (Å²) < 4.78 is 5.57. The molecule has 0 aromatic carbocycles. The minimum Gasteiger partial charge on any atom is -0.440 e. The number of hydrogen-bond acceptors (Lipinski definition) is 3. The van der Waals surface area contributed by atoms with Crippen LogP contribution in [0.25, 0.3) is 0 Å². The number of ether oxygens (including phenoxy) is 1. The Morgan fingerprint density at radius 2 is 2.25 bits per heavy atom. The summed E-state index contributed by atoms with van der Waals surface area (Å²) in [5, 5.41) is 3.32. The molecule has 1 amide bonds. The molecule has 1 spiro atoms. The highest BCUT2D eigenvalue weighted by Crippen LogP contribution is 2.31. The summed E-state index contributed by atoms with van der Waals surface area (Å²) in [4.78, 5) is 13.7. The number of hydrogen-bond donors (Lipinski definition) is 1. The summed E-state index contributed by atoms with van der Waals surface area (Å²) in [7, 11) is 0. The average Bonchev–Trinajstić information content (AvgIpc) is 2.41. The van der Waals surface area contributed by atoms with Crippen LogP contribution >= 0.6 is 0 Å². The third kappa shape index (κ3) is 2.48. The van der Waals surface area contributed by atoms with Crippen molar-refractivity contribution in [3.63, 3.8) is 0 Å². The third-order valence-corrected chi connectivity index (χ3v) is 3.14. The Hall–Kier alpha value is -0.770. The van der Waals surface area contributed by atoms with E-state index in [0.717, 1.165) is 39.0 Å². The molecule has 2 saturated heterocycles. The van der Waals surface area contributed by atoms with Gasteiger partial charge in [-0.05, 0) is 24.8 Å². The Morgan fingerprint density at radius 3 is 2.81 bits per heavy atom. The standard InChI is InChI=1S/C12H22N2O2/c1-11(2,3)8-14-9-12(16-10(14)15)5-4-6-13-7-12/h13H,4-9H2,1-3H3. The predicted molar refractivity (Wildman–Crippen MR) is 62.3 cm³/mol. The molecule has 4 nitrogen and oxygen atoms in total. The molecule has 92 valence electrons. The van der Waals surface area contributed by atoms with E-state index in [-0.39, 0.29) is 17.1 Å². The zero-order valence-corrected chi connectivity index (χ0v) is 10.5. The molecule has 0 aromatic rings. The Balaban J connectivity index is 2.00. The number of carbonyl (C=O) groups is 1. The largest absolute Gasteiger partial charge is 0.440 e.